The third-order valence-electron chi connectivity index (χ3n) is 4.68. The standard InChI is InChI=1S/C11H18O2/c1-9(2)12-7-10-3-4-11(10,6-5-10)8-13-9/h3-8H2,1-2H3. The van der Waals surface area contributed by atoms with Crippen molar-refractivity contribution in [3.63, 3.8) is 0 Å². The van der Waals surface area contributed by atoms with Crippen molar-refractivity contribution in [2.45, 2.75) is 45.3 Å². The molecule has 1 heterocycles. The van der Waals surface area contributed by atoms with E-state index < -0.39 is 0 Å². The van der Waals surface area contributed by atoms with Crippen LogP contribution in [0.3, 0.4) is 0 Å². The Balaban J connectivity index is 1.86. The largest absolute Gasteiger partial charge is 0.350 e. The zero-order valence-electron chi connectivity index (χ0n) is 8.56. The third kappa shape index (κ3) is 0.861. The average Bonchev–Trinajstić information content (AvgIpc) is 2.13. The highest BCUT2D eigenvalue weighted by molar-refractivity contribution is 5.15. The van der Waals surface area contributed by atoms with Crippen molar-refractivity contribution in [1.29, 1.82) is 0 Å². The van der Waals surface area contributed by atoms with Gasteiger partial charge in [0, 0.05) is 10.8 Å². The minimum Gasteiger partial charge on any atom is -0.350 e. The molecule has 13 heavy (non-hydrogen) atoms. The topological polar surface area (TPSA) is 18.5 Å². The van der Waals surface area contributed by atoms with Crippen molar-refractivity contribution < 1.29 is 9.47 Å². The summed E-state index contributed by atoms with van der Waals surface area (Å²) in [6, 6.07) is 0. The summed E-state index contributed by atoms with van der Waals surface area (Å²) in [5.41, 5.74) is 1.06. The average molecular weight is 182 g/mol. The molecule has 2 saturated carbocycles. The molecule has 0 spiro atoms. The molecule has 3 aliphatic rings. The van der Waals surface area contributed by atoms with Crippen LogP contribution in [-0.2, 0) is 9.47 Å². The summed E-state index contributed by atoms with van der Waals surface area (Å²) >= 11 is 0. The van der Waals surface area contributed by atoms with E-state index in [-0.39, 0.29) is 5.79 Å². The Morgan fingerprint density at radius 2 is 1.15 bits per heavy atom. The van der Waals surface area contributed by atoms with E-state index in [1.165, 1.54) is 25.7 Å². The summed E-state index contributed by atoms with van der Waals surface area (Å²) in [5.74, 6) is -0.346. The molecule has 0 aromatic rings. The molecule has 0 aromatic heterocycles. The number of rotatable bonds is 0. The van der Waals surface area contributed by atoms with Gasteiger partial charge in [-0.2, -0.15) is 0 Å². The van der Waals surface area contributed by atoms with Crippen molar-refractivity contribution >= 4 is 0 Å². The SMILES string of the molecule is CC1(C)OCC23CCC2(CC3)CO1. The Hall–Kier alpha value is -0.0800. The second-order valence-corrected chi connectivity index (χ2v) is 5.54. The van der Waals surface area contributed by atoms with Gasteiger partial charge in [0.25, 0.3) is 0 Å². The Morgan fingerprint density at radius 3 is 1.46 bits per heavy atom. The van der Waals surface area contributed by atoms with Crippen LogP contribution in [0.4, 0.5) is 0 Å². The highest BCUT2D eigenvalue weighted by Crippen LogP contribution is 2.71. The number of hydrogen-bond acceptors (Lipinski definition) is 2. The van der Waals surface area contributed by atoms with Gasteiger partial charge in [0.1, 0.15) is 0 Å². The molecule has 2 heteroatoms. The van der Waals surface area contributed by atoms with E-state index >= 15 is 0 Å². The fraction of sp³-hybridized carbons (Fsp3) is 1.00. The summed E-state index contributed by atoms with van der Waals surface area (Å²) in [4.78, 5) is 0. The Labute approximate surface area is 79.6 Å². The Morgan fingerprint density at radius 1 is 0.769 bits per heavy atom. The fourth-order valence-electron chi connectivity index (χ4n) is 3.17. The van der Waals surface area contributed by atoms with Crippen molar-refractivity contribution in [3.8, 4) is 0 Å². The van der Waals surface area contributed by atoms with Crippen LogP contribution in [0, 0.1) is 10.8 Å². The molecule has 0 aromatic carbocycles. The summed E-state index contributed by atoms with van der Waals surface area (Å²) in [7, 11) is 0. The molecule has 74 valence electrons. The van der Waals surface area contributed by atoms with Crippen LogP contribution in [0.25, 0.3) is 0 Å². The lowest BCUT2D eigenvalue weighted by atomic mass is 9.38. The number of ether oxygens (including phenoxy) is 2. The summed E-state index contributed by atoms with van der Waals surface area (Å²) < 4.78 is 11.6. The monoisotopic (exact) mass is 182 g/mol. The highest BCUT2D eigenvalue weighted by Gasteiger charge is 2.67. The van der Waals surface area contributed by atoms with Gasteiger partial charge in [0.05, 0.1) is 13.2 Å². The first kappa shape index (κ1) is 8.25. The van der Waals surface area contributed by atoms with Crippen molar-refractivity contribution in [3.05, 3.63) is 0 Å². The van der Waals surface area contributed by atoms with Gasteiger partial charge in [-0.1, -0.05) is 0 Å². The lowest BCUT2D eigenvalue weighted by molar-refractivity contribution is -0.203. The summed E-state index contributed by atoms with van der Waals surface area (Å²) in [6.07, 6.45) is 5.47. The lowest BCUT2D eigenvalue weighted by Crippen LogP contribution is -2.62. The Kier molecular flexibility index (Phi) is 1.34. The normalized spacial score (nSPS) is 52.2. The van der Waals surface area contributed by atoms with E-state index in [4.69, 9.17) is 9.47 Å². The Bertz CT molecular complexity index is 212. The highest BCUT2D eigenvalue weighted by atomic mass is 16.7. The molecule has 2 nitrogen and oxygen atoms in total. The van der Waals surface area contributed by atoms with Crippen molar-refractivity contribution in [2.24, 2.45) is 10.8 Å². The van der Waals surface area contributed by atoms with Gasteiger partial charge in [-0.15, -0.1) is 0 Å². The molecular formula is C11H18O2. The van der Waals surface area contributed by atoms with Crippen LogP contribution in [0.2, 0.25) is 0 Å². The molecule has 1 aliphatic heterocycles. The van der Waals surface area contributed by atoms with Gasteiger partial charge in [0.15, 0.2) is 5.79 Å². The molecule has 0 bridgehead atoms. The van der Waals surface area contributed by atoms with Crippen LogP contribution in [0.15, 0.2) is 0 Å². The molecule has 1 saturated heterocycles. The van der Waals surface area contributed by atoms with E-state index in [0.717, 1.165) is 13.2 Å². The van der Waals surface area contributed by atoms with Crippen molar-refractivity contribution in [2.75, 3.05) is 13.2 Å². The van der Waals surface area contributed by atoms with Crippen LogP contribution < -0.4 is 0 Å². The first-order valence-electron chi connectivity index (χ1n) is 5.36. The van der Waals surface area contributed by atoms with E-state index in [9.17, 15) is 0 Å². The maximum Gasteiger partial charge on any atom is 0.162 e. The smallest absolute Gasteiger partial charge is 0.162 e. The predicted molar refractivity (Wildman–Crippen MR) is 49.3 cm³/mol. The lowest BCUT2D eigenvalue weighted by Gasteiger charge is -2.67. The molecule has 0 N–H and O–H groups in total. The van der Waals surface area contributed by atoms with Crippen molar-refractivity contribution in [1.82, 2.24) is 0 Å². The van der Waals surface area contributed by atoms with Gasteiger partial charge in [0.2, 0.25) is 0 Å². The van der Waals surface area contributed by atoms with Gasteiger partial charge < -0.3 is 9.47 Å². The van der Waals surface area contributed by atoms with E-state index in [1.54, 1.807) is 0 Å². The van der Waals surface area contributed by atoms with E-state index in [0.29, 0.717) is 10.8 Å². The molecule has 3 rings (SSSR count). The maximum atomic E-state index is 5.82. The minimum atomic E-state index is -0.346. The quantitative estimate of drug-likeness (QED) is 0.572. The predicted octanol–water partition coefficient (Wildman–Crippen LogP) is 2.33. The maximum absolute atomic E-state index is 5.82. The fourth-order valence-corrected chi connectivity index (χ4v) is 3.17. The summed E-state index contributed by atoms with van der Waals surface area (Å²) in [5, 5.41) is 0. The van der Waals surface area contributed by atoms with Gasteiger partial charge >= 0.3 is 0 Å². The van der Waals surface area contributed by atoms with Crippen LogP contribution in [0.5, 0.6) is 0 Å². The number of hydrogen-bond donors (Lipinski definition) is 0. The molecular weight excluding hydrogens is 164 g/mol. The van der Waals surface area contributed by atoms with Gasteiger partial charge in [-0.25, -0.2) is 0 Å². The zero-order valence-corrected chi connectivity index (χ0v) is 8.56. The molecule has 3 fully saturated rings. The molecule has 0 radical (unpaired) electrons. The first-order chi connectivity index (χ1) is 6.08. The van der Waals surface area contributed by atoms with Crippen LogP contribution >= 0.6 is 0 Å². The third-order valence-corrected chi connectivity index (χ3v) is 4.68. The summed E-state index contributed by atoms with van der Waals surface area (Å²) in [6.45, 7) is 5.93. The van der Waals surface area contributed by atoms with Crippen LogP contribution in [0.1, 0.15) is 39.5 Å². The first-order valence-corrected chi connectivity index (χ1v) is 5.36. The second kappa shape index (κ2) is 2.12. The molecule has 0 amide bonds. The van der Waals surface area contributed by atoms with Gasteiger partial charge in [-0.05, 0) is 39.5 Å². The van der Waals surface area contributed by atoms with Crippen LogP contribution in [-0.4, -0.2) is 19.0 Å². The molecule has 0 unspecified atom stereocenters. The second-order valence-electron chi connectivity index (χ2n) is 5.54. The van der Waals surface area contributed by atoms with E-state index in [2.05, 4.69) is 0 Å². The zero-order chi connectivity index (χ0) is 9.16. The minimum absolute atomic E-state index is 0.346. The molecule has 0 atom stereocenters. The van der Waals surface area contributed by atoms with E-state index in [1.807, 2.05) is 13.8 Å². The molecule has 2 aliphatic carbocycles. The van der Waals surface area contributed by atoms with Gasteiger partial charge in [-0.3, -0.25) is 0 Å².